The zero-order valence-electron chi connectivity index (χ0n) is 26.6. The topological polar surface area (TPSA) is 110 Å². The predicted molar refractivity (Wildman–Crippen MR) is 168 cm³/mol. The quantitative estimate of drug-likeness (QED) is 0.0547. The fourth-order valence-corrected chi connectivity index (χ4v) is 5.48. The van der Waals surface area contributed by atoms with Crippen LogP contribution in [0.25, 0.3) is 0 Å². The summed E-state index contributed by atoms with van der Waals surface area (Å²) in [6.45, 7) is 4.01. The maximum atomic E-state index is 12.3. The Labute approximate surface area is 248 Å². The van der Waals surface area contributed by atoms with Gasteiger partial charge in [0.1, 0.15) is 12.2 Å². The van der Waals surface area contributed by atoms with E-state index in [9.17, 15) is 25.2 Å². The highest BCUT2D eigenvalue weighted by Gasteiger charge is 2.31. The Bertz CT molecular complexity index is 532. The van der Waals surface area contributed by atoms with Crippen molar-refractivity contribution in [3.05, 3.63) is 0 Å². The molecule has 0 rings (SSSR count). The number of hydrogen-bond acceptors (Lipinski definition) is 5. The number of aliphatic hydroxyl groups is 4. The Morgan fingerprint density at radius 2 is 0.875 bits per heavy atom. The molecule has 0 radical (unpaired) electrons. The van der Waals surface area contributed by atoms with E-state index in [1.165, 1.54) is 116 Å². The molecule has 0 aromatic carbocycles. The van der Waals surface area contributed by atoms with Crippen LogP contribution < -0.4 is 5.32 Å². The van der Waals surface area contributed by atoms with Crippen LogP contribution in [-0.4, -0.2) is 57.3 Å². The third-order valence-corrected chi connectivity index (χ3v) is 8.31. The summed E-state index contributed by atoms with van der Waals surface area (Å²) in [6, 6.07) is -0.976. The number of rotatable bonds is 31. The summed E-state index contributed by atoms with van der Waals surface area (Å²) in [5, 5.41) is 43.5. The molecule has 0 spiro atoms. The van der Waals surface area contributed by atoms with E-state index in [-0.39, 0.29) is 5.91 Å². The lowest BCUT2D eigenvalue weighted by molar-refractivity contribution is -0.126. The number of hydrogen-bond donors (Lipinski definition) is 5. The van der Waals surface area contributed by atoms with Crippen molar-refractivity contribution in [3.63, 3.8) is 0 Å². The van der Waals surface area contributed by atoms with Gasteiger partial charge < -0.3 is 25.7 Å². The van der Waals surface area contributed by atoms with Crippen molar-refractivity contribution >= 4 is 5.91 Å². The molecule has 240 valence electrons. The first-order chi connectivity index (χ1) is 19.5. The van der Waals surface area contributed by atoms with Crippen LogP contribution in [0.1, 0.15) is 181 Å². The van der Waals surface area contributed by atoms with Crippen LogP contribution in [0, 0.1) is 0 Å². The lowest BCUT2D eigenvalue weighted by atomic mass is 9.96. The van der Waals surface area contributed by atoms with Crippen molar-refractivity contribution in [1.29, 1.82) is 0 Å². The van der Waals surface area contributed by atoms with Gasteiger partial charge in [-0.2, -0.15) is 0 Å². The van der Waals surface area contributed by atoms with Crippen LogP contribution >= 0.6 is 0 Å². The summed E-state index contributed by atoms with van der Waals surface area (Å²) in [5.41, 5.74) is 0. The molecule has 4 atom stereocenters. The number of carbonyl (C=O) groups is 1. The van der Waals surface area contributed by atoms with E-state index in [1.807, 2.05) is 0 Å². The highest BCUT2D eigenvalue weighted by atomic mass is 16.4. The summed E-state index contributed by atoms with van der Waals surface area (Å²) in [6.07, 6.45) is 26.3. The largest absolute Gasteiger partial charge is 0.394 e. The van der Waals surface area contributed by atoms with Gasteiger partial charge in [0.2, 0.25) is 5.91 Å². The molecule has 5 N–H and O–H groups in total. The highest BCUT2D eigenvalue weighted by molar-refractivity contribution is 5.76. The summed E-state index contributed by atoms with van der Waals surface area (Å²) in [7, 11) is 0. The molecular weight excluding hydrogens is 502 g/mol. The second-order valence-electron chi connectivity index (χ2n) is 12.2. The van der Waals surface area contributed by atoms with Crippen molar-refractivity contribution in [2.75, 3.05) is 6.61 Å². The van der Waals surface area contributed by atoms with Gasteiger partial charge in [-0.25, -0.2) is 0 Å². The Hall–Kier alpha value is -0.690. The molecule has 0 unspecified atom stereocenters. The minimum absolute atomic E-state index is 0.228. The minimum Gasteiger partial charge on any atom is -0.394 e. The SMILES string of the molecule is CCCCCCCCCCCCCCCC(=O)N[C@H](CO)[C@H](O)[C@H](O)[C@H](O)CCCCCCCCCCCCC. The third kappa shape index (κ3) is 24.0. The molecule has 6 nitrogen and oxygen atoms in total. The smallest absolute Gasteiger partial charge is 0.220 e. The molecule has 0 fully saturated rings. The fraction of sp³-hybridized carbons (Fsp3) is 0.971. The van der Waals surface area contributed by atoms with Gasteiger partial charge in [-0.05, 0) is 12.8 Å². The van der Waals surface area contributed by atoms with E-state index in [4.69, 9.17) is 0 Å². The zero-order chi connectivity index (χ0) is 29.7. The third-order valence-electron chi connectivity index (χ3n) is 8.31. The first kappa shape index (κ1) is 39.3. The number of nitrogens with one attached hydrogen (secondary N) is 1. The molecule has 0 aromatic heterocycles. The van der Waals surface area contributed by atoms with Crippen molar-refractivity contribution in [2.45, 2.75) is 205 Å². The number of unbranched alkanes of at least 4 members (excludes halogenated alkanes) is 22. The van der Waals surface area contributed by atoms with Gasteiger partial charge in [-0.3, -0.25) is 4.79 Å². The van der Waals surface area contributed by atoms with Gasteiger partial charge in [0, 0.05) is 6.42 Å². The molecule has 0 heterocycles. The standard InChI is InChI=1S/C34H69NO5/c1-3-5-7-9-11-13-15-16-18-20-22-24-26-28-32(38)35-30(29-36)33(39)34(40)31(37)27-25-23-21-19-17-14-12-10-8-6-4-2/h30-31,33-34,36-37,39-40H,3-29H2,1-2H3,(H,35,38)/t30-,31-,33+,34-/m1/s1. The predicted octanol–water partition coefficient (Wildman–Crippen LogP) is 7.73. The molecule has 0 bridgehead atoms. The van der Waals surface area contributed by atoms with Crippen LogP contribution in [0.3, 0.4) is 0 Å². The first-order valence-electron chi connectivity index (χ1n) is 17.4. The molecular formula is C34H69NO5. The lowest BCUT2D eigenvalue weighted by Crippen LogP contribution is -2.53. The molecule has 0 aliphatic rings. The van der Waals surface area contributed by atoms with Gasteiger partial charge >= 0.3 is 0 Å². The Morgan fingerprint density at radius 1 is 0.525 bits per heavy atom. The molecule has 0 aromatic rings. The fourth-order valence-electron chi connectivity index (χ4n) is 5.48. The van der Waals surface area contributed by atoms with Crippen molar-refractivity contribution in [1.82, 2.24) is 5.32 Å². The van der Waals surface area contributed by atoms with Gasteiger partial charge in [0.15, 0.2) is 0 Å². The average molecular weight is 572 g/mol. The van der Waals surface area contributed by atoms with Crippen LogP contribution in [0.5, 0.6) is 0 Å². The number of carbonyl (C=O) groups excluding carboxylic acids is 1. The lowest BCUT2D eigenvalue weighted by Gasteiger charge is -2.29. The van der Waals surface area contributed by atoms with E-state index in [0.717, 1.165) is 38.5 Å². The van der Waals surface area contributed by atoms with E-state index < -0.39 is 31.0 Å². The summed E-state index contributed by atoms with van der Waals surface area (Å²) in [5.74, 6) is -0.228. The van der Waals surface area contributed by atoms with E-state index in [1.54, 1.807) is 0 Å². The molecule has 6 heteroatoms. The Balaban J connectivity index is 3.83. The minimum atomic E-state index is -1.40. The van der Waals surface area contributed by atoms with Gasteiger partial charge in [-0.15, -0.1) is 0 Å². The van der Waals surface area contributed by atoms with Crippen LogP contribution in [0.4, 0.5) is 0 Å². The van der Waals surface area contributed by atoms with Crippen LogP contribution in [0.15, 0.2) is 0 Å². The normalized spacial score (nSPS) is 14.7. The number of aliphatic hydroxyl groups excluding tert-OH is 4. The van der Waals surface area contributed by atoms with E-state index >= 15 is 0 Å². The van der Waals surface area contributed by atoms with Gasteiger partial charge in [0.25, 0.3) is 0 Å². The van der Waals surface area contributed by atoms with E-state index in [2.05, 4.69) is 19.2 Å². The molecule has 1 amide bonds. The Kier molecular flexibility index (Phi) is 29.3. The molecule has 0 saturated carbocycles. The van der Waals surface area contributed by atoms with Crippen molar-refractivity contribution < 1.29 is 25.2 Å². The maximum Gasteiger partial charge on any atom is 0.220 e. The molecule has 40 heavy (non-hydrogen) atoms. The van der Waals surface area contributed by atoms with Crippen LogP contribution in [0.2, 0.25) is 0 Å². The van der Waals surface area contributed by atoms with Crippen LogP contribution in [-0.2, 0) is 4.79 Å². The van der Waals surface area contributed by atoms with Crippen molar-refractivity contribution in [3.8, 4) is 0 Å². The Morgan fingerprint density at radius 3 is 1.25 bits per heavy atom. The maximum absolute atomic E-state index is 12.3. The summed E-state index contributed by atoms with van der Waals surface area (Å²) < 4.78 is 0. The second-order valence-corrected chi connectivity index (χ2v) is 12.2. The average Bonchev–Trinajstić information content (AvgIpc) is 2.96. The summed E-state index contributed by atoms with van der Waals surface area (Å²) >= 11 is 0. The monoisotopic (exact) mass is 572 g/mol. The molecule has 0 aliphatic heterocycles. The van der Waals surface area contributed by atoms with Gasteiger partial charge in [-0.1, -0.05) is 162 Å². The van der Waals surface area contributed by atoms with Crippen molar-refractivity contribution in [2.24, 2.45) is 0 Å². The molecule has 0 aliphatic carbocycles. The molecule has 0 saturated heterocycles. The highest BCUT2D eigenvalue weighted by Crippen LogP contribution is 2.16. The van der Waals surface area contributed by atoms with E-state index in [0.29, 0.717) is 12.8 Å². The summed E-state index contributed by atoms with van der Waals surface area (Å²) in [4.78, 5) is 12.3. The second kappa shape index (κ2) is 29.8. The number of amides is 1. The van der Waals surface area contributed by atoms with Gasteiger partial charge in [0.05, 0.1) is 18.8 Å². The zero-order valence-corrected chi connectivity index (χ0v) is 26.6. The first-order valence-corrected chi connectivity index (χ1v) is 17.4.